The molecule has 0 saturated carbocycles. The standard InChI is InChI=1S/C25H31N5O2S/c1-19-5-3-6-21(17-19)24-26-27-25(33)30(24)14-11-23(31)29-13-4-12-28(15-16-29)18-20-7-9-22(32-2)10-8-20/h3,5-10,17H,4,11-16,18H2,1-2H3,(H,27,33). The van der Waals surface area contributed by atoms with E-state index in [2.05, 4.69) is 46.3 Å². The van der Waals surface area contributed by atoms with E-state index >= 15 is 0 Å². The summed E-state index contributed by atoms with van der Waals surface area (Å²) in [5, 5.41) is 7.28. The van der Waals surface area contributed by atoms with Crippen LogP contribution in [-0.4, -0.2) is 63.8 Å². The zero-order valence-corrected chi connectivity index (χ0v) is 20.1. The first-order valence-electron chi connectivity index (χ1n) is 11.4. The van der Waals surface area contributed by atoms with Crippen molar-refractivity contribution in [2.45, 2.75) is 32.9 Å². The number of aromatic amines is 1. The molecule has 1 amide bonds. The number of rotatable bonds is 7. The molecule has 2 aromatic carbocycles. The molecule has 174 valence electrons. The van der Waals surface area contributed by atoms with E-state index in [-0.39, 0.29) is 5.91 Å². The number of hydrogen-bond acceptors (Lipinski definition) is 5. The van der Waals surface area contributed by atoms with E-state index in [1.807, 2.05) is 33.7 Å². The summed E-state index contributed by atoms with van der Waals surface area (Å²) in [5.41, 5.74) is 3.42. The first kappa shape index (κ1) is 23.2. The molecule has 1 N–H and O–H groups in total. The van der Waals surface area contributed by atoms with Crippen molar-refractivity contribution in [1.82, 2.24) is 24.6 Å². The van der Waals surface area contributed by atoms with Crippen LogP contribution in [0.2, 0.25) is 0 Å². The molecule has 1 saturated heterocycles. The summed E-state index contributed by atoms with van der Waals surface area (Å²) in [6.45, 7) is 6.85. The van der Waals surface area contributed by atoms with Gasteiger partial charge in [0.1, 0.15) is 5.75 Å². The molecule has 1 fully saturated rings. The van der Waals surface area contributed by atoms with E-state index < -0.39 is 0 Å². The van der Waals surface area contributed by atoms with Crippen molar-refractivity contribution in [1.29, 1.82) is 0 Å². The number of carbonyl (C=O) groups excluding carboxylic acids is 1. The molecule has 2 heterocycles. The SMILES string of the molecule is COc1ccc(CN2CCCN(C(=O)CCn3c(-c4cccc(C)c4)n[nH]c3=S)CC2)cc1. The Morgan fingerprint density at radius 1 is 1.12 bits per heavy atom. The Morgan fingerprint density at radius 3 is 2.70 bits per heavy atom. The Hall–Kier alpha value is -2.97. The molecule has 1 aliphatic heterocycles. The van der Waals surface area contributed by atoms with Crippen molar-refractivity contribution in [2.24, 2.45) is 0 Å². The lowest BCUT2D eigenvalue weighted by molar-refractivity contribution is -0.131. The minimum Gasteiger partial charge on any atom is -0.497 e. The Labute approximate surface area is 200 Å². The van der Waals surface area contributed by atoms with Crippen molar-refractivity contribution < 1.29 is 9.53 Å². The second kappa shape index (κ2) is 10.8. The highest BCUT2D eigenvalue weighted by molar-refractivity contribution is 7.71. The molecule has 8 heteroatoms. The van der Waals surface area contributed by atoms with E-state index in [1.165, 1.54) is 5.56 Å². The molecule has 0 unspecified atom stereocenters. The monoisotopic (exact) mass is 465 g/mol. The fourth-order valence-electron chi connectivity index (χ4n) is 4.26. The summed E-state index contributed by atoms with van der Waals surface area (Å²) < 4.78 is 7.71. The lowest BCUT2D eigenvalue weighted by Gasteiger charge is -2.22. The third-order valence-corrected chi connectivity index (χ3v) is 6.40. The van der Waals surface area contributed by atoms with Gasteiger partial charge in [-0.15, -0.1) is 0 Å². The number of hydrogen-bond donors (Lipinski definition) is 1. The number of H-pyrrole nitrogens is 1. The second-order valence-electron chi connectivity index (χ2n) is 8.48. The van der Waals surface area contributed by atoms with Crippen LogP contribution in [0.3, 0.4) is 0 Å². The van der Waals surface area contributed by atoms with Gasteiger partial charge in [0.25, 0.3) is 0 Å². The summed E-state index contributed by atoms with van der Waals surface area (Å²) >= 11 is 5.43. The van der Waals surface area contributed by atoms with Crippen molar-refractivity contribution in [2.75, 3.05) is 33.3 Å². The molecule has 3 aromatic rings. The van der Waals surface area contributed by atoms with Crippen LogP contribution < -0.4 is 4.74 Å². The number of amides is 1. The lowest BCUT2D eigenvalue weighted by atomic mass is 10.1. The van der Waals surface area contributed by atoms with Gasteiger partial charge in [0, 0.05) is 51.3 Å². The minimum absolute atomic E-state index is 0.166. The number of nitrogens with zero attached hydrogens (tertiary/aromatic N) is 4. The number of aryl methyl sites for hydroxylation is 1. The number of methoxy groups -OCH3 is 1. The predicted molar refractivity (Wildman–Crippen MR) is 132 cm³/mol. The van der Waals surface area contributed by atoms with Crippen LogP contribution in [0.25, 0.3) is 11.4 Å². The highest BCUT2D eigenvalue weighted by Gasteiger charge is 2.20. The molecule has 1 aliphatic rings. The summed E-state index contributed by atoms with van der Waals surface area (Å²) in [7, 11) is 1.68. The van der Waals surface area contributed by atoms with Gasteiger partial charge in [0.05, 0.1) is 7.11 Å². The van der Waals surface area contributed by atoms with Gasteiger partial charge in [-0.25, -0.2) is 0 Å². The van der Waals surface area contributed by atoms with E-state index in [9.17, 15) is 4.79 Å². The molecule has 1 aromatic heterocycles. The number of ether oxygens (including phenoxy) is 1. The smallest absolute Gasteiger partial charge is 0.224 e. The highest BCUT2D eigenvalue weighted by atomic mass is 32.1. The number of aromatic nitrogens is 3. The topological polar surface area (TPSA) is 66.4 Å². The average molecular weight is 466 g/mol. The fraction of sp³-hybridized carbons (Fsp3) is 0.400. The van der Waals surface area contributed by atoms with Gasteiger partial charge in [-0.1, -0.05) is 35.9 Å². The largest absolute Gasteiger partial charge is 0.497 e. The van der Waals surface area contributed by atoms with E-state index in [0.717, 1.165) is 61.8 Å². The van der Waals surface area contributed by atoms with Crippen LogP contribution in [0.4, 0.5) is 0 Å². The quantitative estimate of drug-likeness (QED) is 0.533. The fourth-order valence-corrected chi connectivity index (χ4v) is 4.49. The van der Waals surface area contributed by atoms with Crippen LogP contribution in [0.1, 0.15) is 24.0 Å². The van der Waals surface area contributed by atoms with Gasteiger partial charge in [-0.2, -0.15) is 5.10 Å². The first-order chi connectivity index (χ1) is 16.0. The van der Waals surface area contributed by atoms with E-state index in [4.69, 9.17) is 17.0 Å². The number of carbonyl (C=O) groups is 1. The molecule has 0 aliphatic carbocycles. The maximum Gasteiger partial charge on any atom is 0.224 e. The normalized spacial score (nSPS) is 14.8. The van der Waals surface area contributed by atoms with Crippen molar-refractivity contribution in [3.8, 4) is 17.1 Å². The van der Waals surface area contributed by atoms with Gasteiger partial charge in [0.2, 0.25) is 5.91 Å². The Bertz CT molecular complexity index is 1140. The molecule has 0 spiro atoms. The maximum absolute atomic E-state index is 13.0. The van der Waals surface area contributed by atoms with E-state index in [1.54, 1.807) is 7.11 Å². The molecule has 33 heavy (non-hydrogen) atoms. The zero-order chi connectivity index (χ0) is 23.2. The van der Waals surface area contributed by atoms with Crippen LogP contribution >= 0.6 is 12.2 Å². The lowest BCUT2D eigenvalue weighted by Crippen LogP contribution is -2.35. The number of nitrogens with one attached hydrogen (secondary N) is 1. The van der Waals surface area contributed by atoms with Crippen molar-refractivity contribution in [3.63, 3.8) is 0 Å². The third kappa shape index (κ3) is 5.89. The summed E-state index contributed by atoms with van der Waals surface area (Å²) in [4.78, 5) is 17.4. The van der Waals surface area contributed by atoms with Crippen LogP contribution in [-0.2, 0) is 17.9 Å². The third-order valence-electron chi connectivity index (χ3n) is 6.09. The highest BCUT2D eigenvalue weighted by Crippen LogP contribution is 2.19. The van der Waals surface area contributed by atoms with Crippen molar-refractivity contribution in [3.05, 3.63) is 64.4 Å². The van der Waals surface area contributed by atoms with E-state index in [0.29, 0.717) is 17.7 Å². The van der Waals surface area contributed by atoms with Crippen LogP contribution in [0.5, 0.6) is 5.75 Å². The summed E-state index contributed by atoms with van der Waals surface area (Å²) in [6, 6.07) is 16.4. The Balaban J connectivity index is 1.33. The first-order valence-corrected chi connectivity index (χ1v) is 11.8. The minimum atomic E-state index is 0.166. The summed E-state index contributed by atoms with van der Waals surface area (Å²) in [5.74, 6) is 1.81. The van der Waals surface area contributed by atoms with Gasteiger partial charge in [-0.3, -0.25) is 19.4 Å². The molecule has 0 atom stereocenters. The Kier molecular flexibility index (Phi) is 7.57. The predicted octanol–water partition coefficient (Wildman–Crippen LogP) is 4.05. The van der Waals surface area contributed by atoms with Gasteiger partial charge in [-0.05, 0) is 49.3 Å². The molecule has 0 radical (unpaired) electrons. The van der Waals surface area contributed by atoms with Crippen LogP contribution in [0.15, 0.2) is 48.5 Å². The van der Waals surface area contributed by atoms with Crippen molar-refractivity contribution >= 4 is 18.1 Å². The molecule has 0 bridgehead atoms. The Morgan fingerprint density at radius 2 is 1.94 bits per heavy atom. The second-order valence-corrected chi connectivity index (χ2v) is 8.87. The molecule has 4 rings (SSSR count). The summed E-state index contributed by atoms with van der Waals surface area (Å²) in [6.07, 6.45) is 1.38. The van der Waals surface area contributed by atoms with Crippen LogP contribution in [0, 0.1) is 11.7 Å². The maximum atomic E-state index is 13.0. The molecular weight excluding hydrogens is 434 g/mol. The average Bonchev–Trinajstić information content (AvgIpc) is 3.03. The molecular formula is C25H31N5O2S. The zero-order valence-electron chi connectivity index (χ0n) is 19.3. The van der Waals surface area contributed by atoms with Gasteiger partial charge < -0.3 is 9.64 Å². The van der Waals surface area contributed by atoms with Gasteiger partial charge in [0.15, 0.2) is 10.6 Å². The molecule has 7 nitrogen and oxygen atoms in total. The number of benzene rings is 2. The van der Waals surface area contributed by atoms with Gasteiger partial charge >= 0.3 is 0 Å².